The first-order valence-electron chi connectivity index (χ1n) is 9.11. The van der Waals surface area contributed by atoms with Crippen molar-refractivity contribution in [3.05, 3.63) is 95.0 Å². The molecule has 0 radical (unpaired) electrons. The van der Waals surface area contributed by atoms with Crippen molar-refractivity contribution in [2.24, 2.45) is 0 Å². The Kier molecular flexibility index (Phi) is 6.87. The van der Waals surface area contributed by atoms with Crippen LogP contribution in [0.25, 0.3) is 0 Å². The lowest BCUT2D eigenvalue weighted by Gasteiger charge is -2.19. The minimum absolute atomic E-state index is 0.0669. The molecule has 0 spiro atoms. The molecule has 0 unspecified atom stereocenters. The average molecular weight is 409 g/mol. The number of halogens is 1. The molecule has 0 aromatic heterocycles. The van der Waals surface area contributed by atoms with Crippen LogP contribution < -0.4 is 15.4 Å². The van der Waals surface area contributed by atoms with Crippen LogP contribution in [0.2, 0.25) is 5.02 Å². The average Bonchev–Trinajstić information content (AvgIpc) is 2.74. The fraction of sp³-hybridized carbons (Fsp3) is 0.130. The van der Waals surface area contributed by atoms with Crippen molar-refractivity contribution in [2.45, 2.75) is 12.5 Å². The third-order valence-electron chi connectivity index (χ3n) is 4.37. The van der Waals surface area contributed by atoms with E-state index in [1.54, 1.807) is 55.6 Å². The third-order valence-corrected chi connectivity index (χ3v) is 4.70. The highest BCUT2D eigenvalue weighted by Crippen LogP contribution is 2.22. The van der Waals surface area contributed by atoms with E-state index in [1.165, 1.54) is 0 Å². The Hall–Kier alpha value is -3.31. The highest BCUT2D eigenvalue weighted by atomic mass is 35.5. The van der Waals surface area contributed by atoms with Crippen molar-refractivity contribution >= 4 is 29.1 Å². The molecule has 0 aliphatic rings. The lowest BCUT2D eigenvalue weighted by atomic mass is 10.0. The van der Waals surface area contributed by atoms with Crippen molar-refractivity contribution < 1.29 is 14.3 Å². The van der Waals surface area contributed by atoms with Gasteiger partial charge in [0, 0.05) is 11.8 Å². The van der Waals surface area contributed by atoms with Gasteiger partial charge in [0.2, 0.25) is 5.91 Å². The van der Waals surface area contributed by atoms with Crippen LogP contribution in [0.3, 0.4) is 0 Å². The van der Waals surface area contributed by atoms with E-state index in [9.17, 15) is 9.59 Å². The summed E-state index contributed by atoms with van der Waals surface area (Å²) in [5.74, 6) is 0.0830. The molecule has 2 amide bonds. The third kappa shape index (κ3) is 5.59. The molecule has 0 saturated heterocycles. The number of ether oxygens (including phenoxy) is 1. The summed E-state index contributed by atoms with van der Waals surface area (Å²) in [4.78, 5) is 25.4. The Morgan fingerprint density at radius 3 is 2.41 bits per heavy atom. The quantitative estimate of drug-likeness (QED) is 0.587. The Labute approximate surface area is 174 Å². The highest BCUT2D eigenvalue weighted by molar-refractivity contribution is 6.33. The number of amides is 2. The van der Waals surface area contributed by atoms with Crippen molar-refractivity contribution in [1.29, 1.82) is 0 Å². The molecule has 1 atom stereocenters. The lowest BCUT2D eigenvalue weighted by molar-refractivity contribution is -0.116. The molecule has 0 heterocycles. The van der Waals surface area contributed by atoms with Gasteiger partial charge in [-0.25, -0.2) is 0 Å². The van der Waals surface area contributed by atoms with Gasteiger partial charge in [0.25, 0.3) is 5.91 Å². The van der Waals surface area contributed by atoms with Crippen molar-refractivity contribution in [1.82, 2.24) is 5.32 Å². The van der Waals surface area contributed by atoms with E-state index in [2.05, 4.69) is 10.6 Å². The molecule has 6 heteroatoms. The normalized spacial score (nSPS) is 11.4. The molecule has 5 nitrogen and oxygen atoms in total. The summed E-state index contributed by atoms with van der Waals surface area (Å²) in [6.45, 7) is 0. The Balaban J connectivity index is 1.76. The number of carbonyl (C=O) groups excluding carboxylic acids is 2. The predicted octanol–water partition coefficient (Wildman–Crippen LogP) is 4.85. The van der Waals surface area contributed by atoms with Gasteiger partial charge in [-0.2, -0.15) is 0 Å². The van der Waals surface area contributed by atoms with E-state index in [4.69, 9.17) is 16.3 Å². The van der Waals surface area contributed by atoms with Crippen LogP contribution >= 0.6 is 11.6 Å². The van der Waals surface area contributed by atoms with Crippen LogP contribution in [0, 0.1) is 0 Å². The lowest BCUT2D eigenvalue weighted by Crippen LogP contribution is -2.31. The minimum atomic E-state index is -0.509. The van der Waals surface area contributed by atoms with Crippen LogP contribution in [0.5, 0.6) is 5.75 Å². The maximum Gasteiger partial charge on any atom is 0.253 e. The molecule has 0 aliphatic heterocycles. The van der Waals surface area contributed by atoms with Gasteiger partial charge in [0.1, 0.15) is 5.75 Å². The van der Waals surface area contributed by atoms with Gasteiger partial charge in [0.05, 0.1) is 30.2 Å². The standard InChI is InChI=1S/C23H21ClN2O3/c1-29-18-11-7-10-17(14-18)25-22(27)15-21(16-8-3-2-4-9-16)26-23(28)19-12-5-6-13-20(19)24/h2-14,21H,15H2,1H3,(H,25,27)(H,26,28)/t21-/m0/s1. The summed E-state index contributed by atoms with van der Waals surface area (Å²) in [6, 6.07) is 22.8. The van der Waals surface area contributed by atoms with E-state index in [0.29, 0.717) is 22.0 Å². The Bertz CT molecular complexity index is 992. The largest absolute Gasteiger partial charge is 0.497 e. The minimum Gasteiger partial charge on any atom is -0.497 e. The van der Waals surface area contributed by atoms with Gasteiger partial charge in [-0.15, -0.1) is 0 Å². The zero-order valence-corrected chi connectivity index (χ0v) is 16.6. The summed E-state index contributed by atoms with van der Waals surface area (Å²) < 4.78 is 5.18. The summed E-state index contributed by atoms with van der Waals surface area (Å²) in [7, 11) is 1.57. The molecule has 0 saturated carbocycles. The maximum absolute atomic E-state index is 12.7. The number of anilines is 1. The summed E-state index contributed by atoms with van der Waals surface area (Å²) in [6.07, 6.45) is 0.0669. The molecule has 3 aromatic carbocycles. The predicted molar refractivity (Wildman–Crippen MR) is 114 cm³/mol. The number of carbonyl (C=O) groups is 2. The monoisotopic (exact) mass is 408 g/mol. The molecule has 148 valence electrons. The number of rotatable bonds is 7. The van der Waals surface area contributed by atoms with Gasteiger partial charge >= 0.3 is 0 Å². The van der Waals surface area contributed by atoms with E-state index in [-0.39, 0.29) is 18.2 Å². The van der Waals surface area contributed by atoms with E-state index in [1.807, 2.05) is 30.3 Å². The maximum atomic E-state index is 12.7. The topological polar surface area (TPSA) is 67.4 Å². The molecule has 0 fully saturated rings. The van der Waals surface area contributed by atoms with Crippen molar-refractivity contribution in [3.63, 3.8) is 0 Å². The van der Waals surface area contributed by atoms with E-state index in [0.717, 1.165) is 5.56 Å². The smallest absolute Gasteiger partial charge is 0.253 e. The number of hydrogen-bond donors (Lipinski definition) is 2. The number of benzene rings is 3. The zero-order valence-electron chi connectivity index (χ0n) is 15.9. The van der Waals surface area contributed by atoms with Crippen LogP contribution in [-0.2, 0) is 4.79 Å². The van der Waals surface area contributed by atoms with E-state index >= 15 is 0 Å². The SMILES string of the molecule is COc1cccc(NC(=O)C[C@H](NC(=O)c2ccccc2Cl)c2ccccc2)c1. The molecule has 2 N–H and O–H groups in total. The van der Waals surface area contributed by atoms with Crippen molar-refractivity contribution in [2.75, 3.05) is 12.4 Å². The summed E-state index contributed by atoms with van der Waals surface area (Å²) >= 11 is 6.14. The van der Waals surface area contributed by atoms with Gasteiger partial charge < -0.3 is 15.4 Å². The number of methoxy groups -OCH3 is 1. The van der Waals surface area contributed by atoms with Gasteiger partial charge in [-0.3, -0.25) is 9.59 Å². The number of hydrogen-bond acceptors (Lipinski definition) is 3. The summed E-state index contributed by atoms with van der Waals surface area (Å²) in [5, 5.41) is 6.12. The van der Waals surface area contributed by atoms with Gasteiger partial charge in [0.15, 0.2) is 0 Å². The first-order valence-corrected chi connectivity index (χ1v) is 9.49. The second-order valence-electron chi connectivity index (χ2n) is 6.40. The van der Waals surface area contributed by atoms with Gasteiger partial charge in [-0.05, 0) is 29.8 Å². The zero-order chi connectivity index (χ0) is 20.6. The van der Waals surface area contributed by atoms with Crippen molar-refractivity contribution in [3.8, 4) is 5.75 Å². The number of nitrogens with one attached hydrogen (secondary N) is 2. The van der Waals surface area contributed by atoms with E-state index < -0.39 is 6.04 Å². The molecule has 3 rings (SSSR count). The molecular weight excluding hydrogens is 388 g/mol. The van der Waals surface area contributed by atoms with Crippen LogP contribution in [0.4, 0.5) is 5.69 Å². The van der Waals surface area contributed by atoms with Gasteiger partial charge in [-0.1, -0.05) is 60.1 Å². The molecule has 3 aromatic rings. The highest BCUT2D eigenvalue weighted by Gasteiger charge is 2.20. The van der Waals surface area contributed by atoms with Crippen LogP contribution in [0.1, 0.15) is 28.4 Å². The second kappa shape index (κ2) is 9.75. The fourth-order valence-electron chi connectivity index (χ4n) is 2.92. The Morgan fingerprint density at radius 1 is 0.966 bits per heavy atom. The fourth-order valence-corrected chi connectivity index (χ4v) is 3.14. The molecule has 0 bridgehead atoms. The van der Waals surface area contributed by atoms with Crippen LogP contribution in [0.15, 0.2) is 78.9 Å². The molecular formula is C23H21ClN2O3. The Morgan fingerprint density at radius 2 is 1.69 bits per heavy atom. The second-order valence-corrected chi connectivity index (χ2v) is 6.81. The molecule has 29 heavy (non-hydrogen) atoms. The first kappa shape index (κ1) is 20.4. The molecule has 0 aliphatic carbocycles. The summed E-state index contributed by atoms with van der Waals surface area (Å²) in [5.41, 5.74) is 1.82. The first-order chi connectivity index (χ1) is 14.1. The van der Waals surface area contributed by atoms with Crippen LogP contribution in [-0.4, -0.2) is 18.9 Å².